The van der Waals surface area contributed by atoms with E-state index in [9.17, 15) is 26.7 Å². The highest BCUT2D eigenvalue weighted by molar-refractivity contribution is 8.39. The highest BCUT2D eigenvalue weighted by Gasteiger charge is 2.30. The SMILES string of the molecule is O=C1c2cc(F)c(F)cc2N=C[SH]1Cc1ccc(C(F)(F)F)cc1. The summed E-state index contributed by atoms with van der Waals surface area (Å²) < 4.78 is 64.1. The zero-order chi connectivity index (χ0) is 17.5. The molecule has 0 N–H and O–H groups in total. The molecule has 1 heterocycles. The number of aliphatic imine (C=N–C) groups is 1. The Hall–Kier alpha value is -2.22. The maximum absolute atomic E-state index is 13.3. The van der Waals surface area contributed by atoms with Crippen molar-refractivity contribution < 1.29 is 26.7 Å². The van der Waals surface area contributed by atoms with Crippen LogP contribution in [0.2, 0.25) is 0 Å². The lowest BCUT2D eigenvalue weighted by atomic mass is 10.1. The Labute approximate surface area is 136 Å². The second-order valence-corrected chi connectivity index (χ2v) is 7.05. The minimum atomic E-state index is -4.42. The Morgan fingerprint density at radius 2 is 1.62 bits per heavy atom. The molecule has 1 aliphatic heterocycles. The van der Waals surface area contributed by atoms with Crippen molar-refractivity contribution in [3.63, 3.8) is 0 Å². The Balaban J connectivity index is 1.82. The third-order valence-corrected chi connectivity index (χ3v) is 5.36. The van der Waals surface area contributed by atoms with Crippen molar-refractivity contribution in [1.82, 2.24) is 0 Å². The lowest BCUT2D eigenvalue weighted by molar-refractivity contribution is -0.137. The largest absolute Gasteiger partial charge is 0.416 e. The fourth-order valence-electron chi connectivity index (χ4n) is 2.26. The molecule has 126 valence electrons. The van der Waals surface area contributed by atoms with Gasteiger partial charge >= 0.3 is 6.18 Å². The minimum absolute atomic E-state index is 0.00516. The number of carbonyl (C=O) groups is 1. The van der Waals surface area contributed by atoms with Gasteiger partial charge in [-0.1, -0.05) is 12.1 Å². The molecule has 0 aliphatic carbocycles. The van der Waals surface area contributed by atoms with Crippen molar-refractivity contribution >= 4 is 27.2 Å². The van der Waals surface area contributed by atoms with Crippen LogP contribution in [0.3, 0.4) is 0 Å². The van der Waals surface area contributed by atoms with Gasteiger partial charge in [0, 0.05) is 17.4 Å². The first kappa shape index (κ1) is 16.6. The molecule has 0 amide bonds. The Kier molecular flexibility index (Phi) is 4.16. The van der Waals surface area contributed by atoms with Crippen molar-refractivity contribution in [1.29, 1.82) is 0 Å². The summed E-state index contributed by atoms with van der Waals surface area (Å²) >= 11 is 0. The van der Waals surface area contributed by atoms with Crippen molar-refractivity contribution in [3.8, 4) is 0 Å². The standard InChI is InChI=1S/C16H10F5NOS/c17-12-5-11-14(6-13(12)18)22-8-24(15(11)23)7-9-1-3-10(4-2-9)16(19,20)21/h1-6,8,24H,7H2. The Morgan fingerprint density at radius 1 is 1.00 bits per heavy atom. The summed E-state index contributed by atoms with van der Waals surface area (Å²) in [6.45, 7) is 0. The average Bonchev–Trinajstić information content (AvgIpc) is 2.52. The van der Waals surface area contributed by atoms with Gasteiger partial charge in [0.05, 0.1) is 16.8 Å². The van der Waals surface area contributed by atoms with Crippen LogP contribution in [0.15, 0.2) is 41.4 Å². The molecule has 0 spiro atoms. The number of hydrogen-bond donors (Lipinski definition) is 1. The Bertz CT molecular complexity index is 830. The smallest absolute Gasteiger partial charge is 0.283 e. The maximum Gasteiger partial charge on any atom is 0.416 e. The Morgan fingerprint density at radius 3 is 2.25 bits per heavy atom. The van der Waals surface area contributed by atoms with Gasteiger partial charge in [-0.3, -0.25) is 9.79 Å². The van der Waals surface area contributed by atoms with Gasteiger partial charge < -0.3 is 0 Å². The van der Waals surface area contributed by atoms with Crippen molar-refractivity contribution in [2.75, 3.05) is 0 Å². The normalized spacial score (nSPS) is 18.5. The highest BCUT2D eigenvalue weighted by atomic mass is 32.2. The first-order valence-electron chi connectivity index (χ1n) is 6.76. The molecule has 8 heteroatoms. The van der Waals surface area contributed by atoms with E-state index in [1.807, 2.05) is 0 Å². The summed E-state index contributed by atoms with van der Waals surface area (Å²) in [6.07, 6.45) is -4.42. The number of benzene rings is 2. The number of alkyl halides is 3. The summed E-state index contributed by atoms with van der Waals surface area (Å²) in [5.41, 5.74) is 1.19. The number of hydrogen-bond acceptors (Lipinski definition) is 2. The van der Waals surface area contributed by atoms with Gasteiger partial charge in [0.15, 0.2) is 11.6 Å². The van der Waals surface area contributed by atoms with E-state index in [0.717, 1.165) is 24.3 Å². The molecule has 0 saturated carbocycles. The van der Waals surface area contributed by atoms with E-state index >= 15 is 0 Å². The van der Waals surface area contributed by atoms with E-state index in [2.05, 4.69) is 4.99 Å². The molecular weight excluding hydrogens is 349 g/mol. The van der Waals surface area contributed by atoms with Gasteiger partial charge in [-0.2, -0.15) is 13.2 Å². The summed E-state index contributed by atoms with van der Waals surface area (Å²) in [4.78, 5) is 16.4. The fourth-order valence-corrected chi connectivity index (χ4v) is 3.95. The van der Waals surface area contributed by atoms with Crippen LogP contribution in [0, 0.1) is 11.6 Å². The highest BCUT2D eigenvalue weighted by Crippen LogP contribution is 2.40. The van der Waals surface area contributed by atoms with E-state index in [-0.39, 0.29) is 22.1 Å². The molecular formula is C16H10F5NOS. The zero-order valence-electron chi connectivity index (χ0n) is 11.9. The molecule has 0 fully saturated rings. The molecule has 2 aromatic carbocycles. The topological polar surface area (TPSA) is 29.4 Å². The summed E-state index contributed by atoms with van der Waals surface area (Å²) in [5, 5.41) is -0.381. The third kappa shape index (κ3) is 3.19. The molecule has 1 aliphatic rings. The maximum atomic E-state index is 13.3. The number of carbonyl (C=O) groups excluding carboxylic acids is 1. The molecule has 0 bridgehead atoms. The van der Waals surface area contributed by atoms with Gasteiger partial charge in [0.25, 0.3) is 0 Å². The second-order valence-electron chi connectivity index (χ2n) is 5.16. The molecule has 2 aromatic rings. The number of fused-ring (bicyclic) bond motifs is 1. The molecule has 3 rings (SSSR count). The molecule has 0 radical (unpaired) electrons. The van der Waals surface area contributed by atoms with Crippen molar-refractivity contribution in [2.24, 2.45) is 4.99 Å². The lowest BCUT2D eigenvalue weighted by Crippen LogP contribution is -2.09. The molecule has 1 atom stereocenters. The van der Waals surface area contributed by atoms with E-state index in [1.54, 1.807) is 0 Å². The van der Waals surface area contributed by atoms with Gasteiger partial charge in [0.2, 0.25) is 5.12 Å². The summed E-state index contributed by atoms with van der Waals surface area (Å²) in [5.74, 6) is -2.04. The second kappa shape index (κ2) is 6.01. The van der Waals surface area contributed by atoms with E-state index in [0.29, 0.717) is 5.56 Å². The number of thiol groups is 1. The quantitative estimate of drug-likeness (QED) is 0.594. The van der Waals surface area contributed by atoms with Gasteiger partial charge in [-0.05, 0) is 23.8 Å². The number of halogens is 5. The average molecular weight is 359 g/mol. The van der Waals surface area contributed by atoms with E-state index in [1.165, 1.54) is 17.7 Å². The predicted molar refractivity (Wildman–Crippen MR) is 83.0 cm³/mol. The first-order chi connectivity index (χ1) is 11.3. The van der Waals surface area contributed by atoms with Gasteiger partial charge in [-0.15, -0.1) is 10.9 Å². The lowest BCUT2D eigenvalue weighted by Gasteiger charge is -2.21. The van der Waals surface area contributed by atoms with Crippen LogP contribution in [-0.4, -0.2) is 10.7 Å². The van der Waals surface area contributed by atoms with Crippen LogP contribution in [0.1, 0.15) is 21.5 Å². The van der Waals surface area contributed by atoms with Crippen molar-refractivity contribution in [3.05, 3.63) is 64.7 Å². The summed E-state index contributed by atoms with van der Waals surface area (Å²) in [7, 11) is -1.46. The van der Waals surface area contributed by atoms with E-state index < -0.39 is 34.3 Å². The molecule has 2 nitrogen and oxygen atoms in total. The van der Waals surface area contributed by atoms with Gasteiger partial charge in [-0.25, -0.2) is 8.78 Å². The number of rotatable bonds is 2. The number of nitrogens with zero attached hydrogens (tertiary/aromatic N) is 1. The predicted octanol–water partition coefficient (Wildman–Crippen LogP) is 5.00. The van der Waals surface area contributed by atoms with Crippen LogP contribution >= 0.6 is 10.9 Å². The van der Waals surface area contributed by atoms with Crippen LogP contribution in [0.25, 0.3) is 0 Å². The van der Waals surface area contributed by atoms with Crippen LogP contribution in [-0.2, 0) is 11.9 Å². The molecule has 0 saturated heterocycles. The minimum Gasteiger partial charge on any atom is -0.283 e. The molecule has 1 unspecified atom stereocenters. The van der Waals surface area contributed by atoms with E-state index in [4.69, 9.17) is 0 Å². The van der Waals surface area contributed by atoms with Crippen LogP contribution in [0.4, 0.5) is 27.6 Å². The first-order valence-corrected chi connectivity index (χ1v) is 8.35. The summed E-state index contributed by atoms with van der Waals surface area (Å²) in [6, 6.07) is 6.15. The molecule has 24 heavy (non-hydrogen) atoms. The molecule has 0 aromatic heterocycles. The van der Waals surface area contributed by atoms with Crippen LogP contribution in [0.5, 0.6) is 0 Å². The van der Waals surface area contributed by atoms with Gasteiger partial charge in [0.1, 0.15) is 0 Å². The third-order valence-electron chi connectivity index (χ3n) is 3.50. The zero-order valence-corrected chi connectivity index (χ0v) is 12.8. The monoisotopic (exact) mass is 359 g/mol. The van der Waals surface area contributed by atoms with Crippen molar-refractivity contribution in [2.45, 2.75) is 11.9 Å². The van der Waals surface area contributed by atoms with Crippen LogP contribution < -0.4 is 0 Å². The fraction of sp³-hybridized carbons (Fsp3) is 0.125.